The van der Waals surface area contributed by atoms with Crippen molar-refractivity contribution in [3.05, 3.63) is 71.9 Å². The van der Waals surface area contributed by atoms with E-state index in [2.05, 4.69) is 66.4 Å². The van der Waals surface area contributed by atoms with Gasteiger partial charge in [-0.3, -0.25) is 0 Å². The molecule has 2 heteroatoms. The molecule has 0 N–H and O–H groups in total. The van der Waals surface area contributed by atoms with Crippen molar-refractivity contribution in [2.24, 2.45) is 5.92 Å². The van der Waals surface area contributed by atoms with Gasteiger partial charge in [0.25, 0.3) is 0 Å². The van der Waals surface area contributed by atoms with Crippen molar-refractivity contribution < 1.29 is 4.74 Å². The van der Waals surface area contributed by atoms with Crippen LogP contribution in [0.25, 0.3) is 0 Å². The highest BCUT2D eigenvalue weighted by molar-refractivity contribution is 7.06. The summed E-state index contributed by atoms with van der Waals surface area (Å²) in [6.07, 6.45) is 8.43. The Morgan fingerprint density at radius 2 is 1.38 bits per heavy atom. The molecule has 0 radical (unpaired) electrons. The molecule has 1 heterocycles. The Bertz CT molecular complexity index is 692. The zero-order valence-corrected chi connectivity index (χ0v) is 16.9. The molecule has 1 unspecified atom stereocenters. The minimum absolute atomic E-state index is 0.351. The van der Waals surface area contributed by atoms with Gasteiger partial charge in [-0.25, -0.2) is 0 Å². The Morgan fingerprint density at radius 1 is 0.808 bits per heavy atom. The molecule has 2 aromatic carbocycles. The Morgan fingerprint density at radius 3 is 1.92 bits per heavy atom. The molecule has 1 nitrogen and oxygen atoms in total. The summed E-state index contributed by atoms with van der Waals surface area (Å²) in [7, 11) is -0.0466. The van der Waals surface area contributed by atoms with E-state index >= 15 is 0 Å². The van der Waals surface area contributed by atoms with Crippen LogP contribution in [0.15, 0.2) is 71.9 Å². The Labute approximate surface area is 159 Å². The van der Waals surface area contributed by atoms with E-state index in [9.17, 15) is 0 Å². The van der Waals surface area contributed by atoms with E-state index in [0.29, 0.717) is 6.10 Å². The molecule has 2 aliphatic rings. The van der Waals surface area contributed by atoms with E-state index in [-0.39, 0.29) is 0 Å². The van der Waals surface area contributed by atoms with Crippen molar-refractivity contribution in [3.8, 4) is 0 Å². The van der Waals surface area contributed by atoms with Gasteiger partial charge < -0.3 is 4.74 Å². The number of hydrogen-bond acceptors (Lipinski definition) is 1. The van der Waals surface area contributed by atoms with E-state index in [1.807, 2.05) is 7.11 Å². The third-order valence-electron chi connectivity index (χ3n) is 6.49. The van der Waals surface area contributed by atoms with Crippen molar-refractivity contribution in [1.29, 1.82) is 0 Å². The number of rotatable bonds is 4. The van der Waals surface area contributed by atoms with Crippen molar-refractivity contribution in [2.75, 3.05) is 7.11 Å². The van der Waals surface area contributed by atoms with Crippen LogP contribution in [0.3, 0.4) is 0 Å². The minimum atomic E-state index is -1.95. The SMILES string of the molecule is COC1CC(C2CCCCC2)=C[Si](c2ccccc2)(c2ccccc2)C1. The van der Waals surface area contributed by atoms with Crippen LogP contribution in [0.1, 0.15) is 38.5 Å². The average Bonchev–Trinajstić information content (AvgIpc) is 2.75. The van der Waals surface area contributed by atoms with Crippen molar-refractivity contribution in [2.45, 2.75) is 50.7 Å². The van der Waals surface area contributed by atoms with Gasteiger partial charge in [-0.05, 0) is 41.6 Å². The Hall–Kier alpha value is -1.64. The third-order valence-corrected chi connectivity index (χ3v) is 11.2. The molecule has 26 heavy (non-hydrogen) atoms. The van der Waals surface area contributed by atoms with E-state index in [4.69, 9.17) is 4.74 Å². The smallest absolute Gasteiger partial charge is 0.143 e. The molecule has 136 valence electrons. The zero-order valence-electron chi connectivity index (χ0n) is 15.9. The maximum absolute atomic E-state index is 6.00. The largest absolute Gasteiger partial charge is 0.381 e. The Kier molecular flexibility index (Phi) is 5.42. The van der Waals surface area contributed by atoms with Crippen LogP contribution in [0.5, 0.6) is 0 Å². The van der Waals surface area contributed by atoms with Crippen molar-refractivity contribution >= 4 is 18.4 Å². The van der Waals surface area contributed by atoms with Gasteiger partial charge in [0.1, 0.15) is 8.07 Å². The molecule has 1 aliphatic carbocycles. The highest BCUT2D eigenvalue weighted by Gasteiger charge is 2.42. The van der Waals surface area contributed by atoms with Crippen molar-refractivity contribution in [1.82, 2.24) is 0 Å². The molecule has 1 saturated carbocycles. The summed E-state index contributed by atoms with van der Waals surface area (Å²) in [6, 6.07) is 23.7. The second-order valence-electron chi connectivity index (χ2n) is 8.02. The van der Waals surface area contributed by atoms with Gasteiger partial charge in [0.15, 0.2) is 0 Å². The summed E-state index contributed by atoms with van der Waals surface area (Å²) >= 11 is 0. The summed E-state index contributed by atoms with van der Waals surface area (Å²) < 4.78 is 6.00. The van der Waals surface area contributed by atoms with Crippen molar-refractivity contribution in [3.63, 3.8) is 0 Å². The van der Waals surface area contributed by atoms with E-state index in [1.54, 1.807) is 5.57 Å². The quantitative estimate of drug-likeness (QED) is 0.716. The lowest BCUT2D eigenvalue weighted by Crippen LogP contribution is -2.60. The van der Waals surface area contributed by atoms with Gasteiger partial charge >= 0.3 is 0 Å². The normalized spacial score (nSPS) is 23.4. The van der Waals surface area contributed by atoms with Crippen LogP contribution in [-0.4, -0.2) is 21.3 Å². The van der Waals surface area contributed by atoms with Gasteiger partial charge in [0.2, 0.25) is 0 Å². The fourth-order valence-corrected chi connectivity index (χ4v) is 9.94. The van der Waals surface area contributed by atoms with Gasteiger partial charge in [-0.15, -0.1) is 0 Å². The molecule has 0 spiro atoms. The van der Waals surface area contributed by atoms with E-state index in [0.717, 1.165) is 18.4 Å². The number of ether oxygens (including phenoxy) is 1. The highest BCUT2D eigenvalue weighted by atomic mass is 28.3. The molecule has 0 aromatic heterocycles. The predicted octanol–water partition coefficient (Wildman–Crippen LogP) is 4.71. The minimum Gasteiger partial charge on any atom is -0.381 e. The van der Waals surface area contributed by atoms with Gasteiger partial charge in [0.05, 0.1) is 6.10 Å². The zero-order chi connectivity index (χ0) is 17.8. The first-order chi connectivity index (χ1) is 12.8. The second-order valence-corrected chi connectivity index (χ2v) is 11.8. The molecule has 1 fully saturated rings. The molecular weight excluding hydrogens is 332 g/mol. The lowest BCUT2D eigenvalue weighted by molar-refractivity contribution is 0.113. The Balaban J connectivity index is 1.85. The summed E-state index contributed by atoms with van der Waals surface area (Å²) in [5, 5.41) is 3.06. The first-order valence-electron chi connectivity index (χ1n) is 10.2. The van der Waals surface area contributed by atoms with Crippen LogP contribution < -0.4 is 10.4 Å². The predicted molar refractivity (Wildman–Crippen MR) is 113 cm³/mol. The van der Waals surface area contributed by atoms with Gasteiger partial charge in [-0.2, -0.15) is 0 Å². The fourth-order valence-electron chi connectivity index (χ4n) is 5.09. The summed E-state index contributed by atoms with van der Waals surface area (Å²) in [5.41, 5.74) is 4.46. The molecule has 2 aromatic rings. The maximum atomic E-state index is 6.00. The third kappa shape index (κ3) is 3.45. The molecule has 4 rings (SSSR count). The second kappa shape index (κ2) is 7.94. The van der Waals surface area contributed by atoms with E-state index < -0.39 is 8.07 Å². The number of hydrogen-bond donors (Lipinski definition) is 0. The molecule has 1 atom stereocenters. The van der Waals surface area contributed by atoms with Gasteiger partial charge in [0, 0.05) is 7.11 Å². The molecule has 0 amide bonds. The van der Waals surface area contributed by atoms with Crippen LogP contribution >= 0.6 is 0 Å². The monoisotopic (exact) mass is 362 g/mol. The van der Waals surface area contributed by atoms with Crippen LogP contribution in [-0.2, 0) is 4.74 Å². The first-order valence-corrected chi connectivity index (χ1v) is 12.5. The standard InChI is InChI=1S/C24H30OSi/c1-25-22-17-21(20-11-5-2-6-12-20)18-26(19-22,23-13-7-3-8-14-23)24-15-9-4-10-16-24/h3-4,7-10,13-16,18,20,22H,2,5-6,11-12,17,19H2,1H3. The number of methoxy groups -OCH3 is 1. The maximum Gasteiger partial charge on any atom is 0.143 e. The average molecular weight is 363 g/mol. The van der Waals surface area contributed by atoms with Crippen LogP contribution in [0, 0.1) is 5.92 Å². The molecule has 1 aliphatic heterocycles. The summed E-state index contributed by atoms with van der Waals surface area (Å²) in [6.45, 7) is 0. The van der Waals surface area contributed by atoms with Gasteiger partial charge in [-0.1, -0.05) is 91.2 Å². The van der Waals surface area contributed by atoms with Crippen LogP contribution in [0.2, 0.25) is 6.04 Å². The lowest BCUT2D eigenvalue weighted by atomic mass is 9.82. The lowest BCUT2D eigenvalue weighted by Gasteiger charge is -2.40. The number of benzene rings is 2. The molecule has 0 saturated heterocycles. The first kappa shape index (κ1) is 17.8. The highest BCUT2D eigenvalue weighted by Crippen LogP contribution is 2.38. The van der Waals surface area contributed by atoms with Crippen LogP contribution in [0.4, 0.5) is 0 Å². The summed E-state index contributed by atoms with van der Waals surface area (Å²) in [5.74, 6) is 0.779. The molecule has 0 bridgehead atoms. The van der Waals surface area contributed by atoms with E-state index in [1.165, 1.54) is 42.5 Å². The molecular formula is C24H30OSi. The topological polar surface area (TPSA) is 9.23 Å². The fraction of sp³-hybridized carbons (Fsp3) is 0.417. The summed E-state index contributed by atoms with van der Waals surface area (Å²) in [4.78, 5) is 0.